The molecule has 0 saturated carbocycles. The van der Waals surface area contributed by atoms with Crippen molar-refractivity contribution in [1.29, 1.82) is 0 Å². The quantitative estimate of drug-likeness (QED) is 0.168. The topological polar surface area (TPSA) is 34.5 Å². The van der Waals surface area contributed by atoms with Crippen molar-refractivity contribution >= 4 is 93.5 Å². The maximum atomic E-state index is 6.97. The molecular weight excluding hydrogens is 757 g/mol. The minimum atomic E-state index is 0.847. The highest BCUT2D eigenvalue weighted by atomic mass is 16.3. The van der Waals surface area contributed by atoms with Crippen LogP contribution in [0.25, 0.3) is 104 Å². The Labute approximate surface area is 356 Å². The second kappa shape index (κ2) is 13.6. The molecule has 4 nitrogen and oxygen atoms in total. The van der Waals surface area contributed by atoms with E-state index in [1.807, 2.05) is 12.1 Å². The van der Waals surface area contributed by atoms with Gasteiger partial charge in [0.1, 0.15) is 22.3 Å². The van der Waals surface area contributed by atoms with Crippen molar-refractivity contribution in [3.63, 3.8) is 0 Å². The molecule has 0 aliphatic heterocycles. The summed E-state index contributed by atoms with van der Waals surface area (Å²) in [4.78, 5) is 2.39. The van der Waals surface area contributed by atoms with Gasteiger partial charge in [0.25, 0.3) is 0 Å². The summed E-state index contributed by atoms with van der Waals surface area (Å²) in [5, 5.41) is 9.20. The second-order valence-corrected chi connectivity index (χ2v) is 16.0. The third-order valence-electron chi connectivity index (χ3n) is 12.5. The summed E-state index contributed by atoms with van der Waals surface area (Å²) in [5.74, 6) is 0. The molecule has 3 aromatic heterocycles. The summed E-state index contributed by atoms with van der Waals surface area (Å²) in [6.45, 7) is 0. The first-order valence-corrected chi connectivity index (χ1v) is 21.1. The van der Waals surface area contributed by atoms with Crippen molar-refractivity contribution in [2.45, 2.75) is 0 Å². The fraction of sp³-hybridized carbons (Fsp3) is 0. The second-order valence-electron chi connectivity index (χ2n) is 16.0. The highest BCUT2D eigenvalue weighted by molar-refractivity contribution is 6.18. The first-order valence-electron chi connectivity index (χ1n) is 21.1. The van der Waals surface area contributed by atoms with Crippen LogP contribution in [0.3, 0.4) is 0 Å². The smallest absolute Gasteiger partial charge is 0.145 e. The molecule has 0 amide bonds. The standard InChI is InChI=1S/C58H36N2O2/c1-2-15-38-34-43(31-30-37(38)14-1)59(41-18-11-16-39(35-41)44-24-13-29-55-56(44)48-22-5-9-27-53(48)61-55)52-33-32-45(58-57(52)49-23-6-10-28-54(49)62-58)40-17-12-19-42(36-40)60-50-25-7-3-20-46(50)47-21-4-8-26-51(47)60/h1-36H. The zero-order valence-corrected chi connectivity index (χ0v) is 33.5. The number of nitrogens with zero attached hydrogens (tertiary/aromatic N) is 2. The molecule has 0 saturated heterocycles. The van der Waals surface area contributed by atoms with Gasteiger partial charge in [-0.25, -0.2) is 0 Å². The summed E-state index contributed by atoms with van der Waals surface area (Å²) < 4.78 is 15.7. The van der Waals surface area contributed by atoms with Gasteiger partial charge in [0, 0.05) is 49.6 Å². The molecule has 3 heterocycles. The van der Waals surface area contributed by atoms with Gasteiger partial charge >= 0.3 is 0 Å². The number of anilines is 3. The molecule has 62 heavy (non-hydrogen) atoms. The van der Waals surface area contributed by atoms with Gasteiger partial charge in [-0.3, -0.25) is 0 Å². The summed E-state index contributed by atoms with van der Waals surface area (Å²) in [6, 6.07) is 78.0. The summed E-state index contributed by atoms with van der Waals surface area (Å²) in [5.41, 5.74) is 14.4. The fourth-order valence-electron chi connectivity index (χ4n) is 9.81. The van der Waals surface area contributed by atoms with E-state index in [4.69, 9.17) is 8.83 Å². The van der Waals surface area contributed by atoms with Crippen LogP contribution < -0.4 is 4.90 Å². The van der Waals surface area contributed by atoms with Gasteiger partial charge in [-0.2, -0.15) is 0 Å². The number of hydrogen-bond donors (Lipinski definition) is 0. The molecule has 4 heteroatoms. The molecular formula is C58H36N2O2. The Balaban J connectivity index is 1.04. The zero-order valence-electron chi connectivity index (χ0n) is 33.5. The van der Waals surface area contributed by atoms with Crippen molar-refractivity contribution in [1.82, 2.24) is 4.57 Å². The Bertz CT molecular complexity index is 3850. The summed E-state index contributed by atoms with van der Waals surface area (Å²) >= 11 is 0. The van der Waals surface area contributed by atoms with Crippen molar-refractivity contribution < 1.29 is 8.83 Å². The Morgan fingerprint density at radius 3 is 1.74 bits per heavy atom. The van der Waals surface area contributed by atoms with E-state index in [1.165, 1.54) is 32.6 Å². The van der Waals surface area contributed by atoms with Crippen LogP contribution in [-0.2, 0) is 0 Å². The Morgan fingerprint density at radius 1 is 0.355 bits per heavy atom. The highest BCUT2D eigenvalue weighted by Crippen LogP contribution is 2.48. The molecule has 0 spiro atoms. The molecule has 0 aliphatic rings. The number of benzene rings is 10. The van der Waals surface area contributed by atoms with Gasteiger partial charge < -0.3 is 18.3 Å². The summed E-state index contributed by atoms with van der Waals surface area (Å²) in [7, 11) is 0. The van der Waals surface area contributed by atoms with Crippen LogP contribution in [-0.4, -0.2) is 4.57 Å². The molecule has 0 bridgehead atoms. The van der Waals surface area contributed by atoms with Gasteiger partial charge in [-0.05, 0) is 106 Å². The number of furan rings is 2. The Hall–Kier alpha value is -8.34. The van der Waals surface area contributed by atoms with E-state index in [2.05, 4.69) is 216 Å². The molecule has 0 N–H and O–H groups in total. The molecule has 13 aromatic rings. The van der Waals surface area contributed by atoms with E-state index in [0.29, 0.717) is 0 Å². The zero-order chi connectivity index (χ0) is 40.7. The largest absolute Gasteiger partial charge is 0.456 e. The van der Waals surface area contributed by atoms with E-state index in [-0.39, 0.29) is 0 Å². The van der Waals surface area contributed by atoms with E-state index < -0.39 is 0 Å². The van der Waals surface area contributed by atoms with Crippen LogP contribution in [0.2, 0.25) is 0 Å². The lowest BCUT2D eigenvalue weighted by atomic mass is 9.97. The van der Waals surface area contributed by atoms with E-state index in [9.17, 15) is 0 Å². The molecule has 10 aromatic carbocycles. The lowest BCUT2D eigenvalue weighted by Gasteiger charge is -2.27. The fourth-order valence-corrected chi connectivity index (χ4v) is 9.81. The first kappa shape index (κ1) is 34.5. The maximum absolute atomic E-state index is 6.97. The number of para-hydroxylation sites is 4. The molecule has 0 aliphatic carbocycles. The van der Waals surface area contributed by atoms with Crippen molar-refractivity contribution in [3.8, 4) is 27.9 Å². The van der Waals surface area contributed by atoms with Gasteiger partial charge in [0.15, 0.2) is 0 Å². The number of fused-ring (bicyclic) bond motifs is 10. The Kier molecular flexibility index (Phi) is 7.57. The average molecular weight is 793 g/mol. The average Bonchev–Trinajstić information content (AvgIpc) is 4.02. The Morgan fingerprint density at radius 2 is 0.952 bits per heavy atom. The normalized spacial score (nSPS) is 11.9. The molecule has 0 fully saturated rings. The van der Waals surface area contributed by atoms with Crippen molar-refractivity contribution in [3.05, 3.63) is 218 Å². The third-order valence-corrected chi connectivity index (χ3v) is 12.5. The number of rotatable bonds is 6. The number of hydrogen-bond acceptors (Lipinski definition) is 3. The molecule has 13 rings (SSSR count). The molecule has 290 valence electrons. The van der Waals surface area contributed by atoms with Gasteiger partial charge in [0.05, 0.1) is 22.1 Å². The first-order chi connectivity index (χ1) is 30.7. The minimum absolute atomic E-state index is 0.847. The van der Waals surface area contributed by atoms with Crippen LogP contribution in [0, 0.1) is 0 Å². The number of aromatic nitrogens is 1. The van der Waals surface area contributed by atoms with E-state index in [0.717, 1.165) is 88.9 Å². The van der Waals surface area contributed by atoms with Crippen LogP contribution in [0.5, 0.6) is 0 Å². The van der Waals surface area contributed by atoms with Gasteiger partial charge in [-0.15, -0.1) is 0 Å². The van der Waals surface area contributed by atoms with Crippen LogP contribution in [0.1, 0.15) is 0 Å². The van der Waals surface area contributed by atoms with E-state index >= 15 is 0 Å². The molecule has 0 radical (unpaired) electrons. The lowest BCUT2D eigenvalue weighted by molar-refractivity contribution is 0.669. The predicted octanol–water partition coefficient (Wildman–Crippen LogP) is 16.5. The van der Waals surface area contributed by atoms with Crippen LogP contribution in [0.15, 0.2) is 227 Å². The highest BCUT2D eigenvalue weighted by Gasteiger charge is 2.24. The maximum Gasteiger partial charge on any atom is 0.145 e. The minimum Gasteiger partial charge on any atom is -0.456 e. The molecule has 0 atom stereocenters. The van der Waals surface area contributed by atoms with E-state index in [1.54, 1.807) is 0 Å². The summed E-state index contributed by atoms with van der Waals surface area (Å²) in [6.07, 6.45) is 0. The van der Waals surface area contributed by atoms with Crippen LogP contribution >= 0.6 is 0 Å². The SMILES string of the molecule is c1cc(-c2cccc3oc4ccccc4c23)cc(N(c2ccc3ccccc3c2)c2ccc(-c3cccc(-n4c5ccccc5c5ccccc54)c3)c3oc4ccccc4c23)c1. The molecule has 0 unspecified atom stereocenters. The predicted molar refractivity (Wildman–Crippen MR) is 258 cm³/mol. The van der Waals surface area contributed by atoms with Crippen molar-refractivity contribution in [2.75, 3.05) is 4.90 Å². The van der Waals surface area contributed by atoms with Crippen molar-refractivity contribution in [2.24, 2.45) is 0 Å². The van der Waals surface area contributed by atoms with Crippen LogP contribution in [0.4, 0.5) is 17.1 Å². The van der Waals surface area contributed by atoms with Gasteiger partial charge in [0.2, 0.25) is 0 Å². The van der Waals surface area contributed by atoms with Gasteiger partial charge in [-0.1, -0.05) is 140 Å². The lowest BCUT2D eigenvalue weighted by Crippen LogP contribution is -2.10. The third kappa shape index (κ3) is 5.27. The monoisotopic (exact) mass is 792 g/mol.